The molecule has 3 rings (SSSR count). The van der Waals surface area contributed by atoms with E-state index in [4.69, 9.17) is 0 Å². The van der Waals surface area contributed by atoms with Crippen molar-refractivity contribution in [2.24, 2.45) is 11.8 Å². The molecule has 6 nitrogen and oxygen atoms in total. The van der Waals surface area contributed by atoms with Gasteiger partial charge < -0.3 is 10.4 Å². The van der Waals surface area contributed by atoms with Crippen LogP contribution in [0.15, 0.2) is 30.6 Å². The van der Waals surface area contributed by atoms with Crippen molar-refractivity contribution in [3.63, 3.8) is 0 Å². The summed E-state index contributed by atoms with van der Waals surface area (Å²) >= 11 is 0. The van der Waals surface area contributed by atoms with E-state index in [1.807, 2.05) is 24.3 Å². The summed E-state index contributed by atoms with van der Waals surface area (Å²) in [6.07, 6.45) is 3.39. The maximum absolute atomic E-state index is 12.6. The molecule has 1 heterocycles. The van der Waals surface area contributed by atoms with E-state index in [2.05, 4.69) is 34.3 Å². The number of nitrogens with zero attached hydrogens (tertiary/aromatic N) is 2. The summed E-state index contributed by atoms with van der Waals surface area (Å²) in [6.45, 7) is 4.76. The number of amides is 1. The van der Waals surface area contributed by atoms with Crippen LogP contribution in [0.4, 0.5) is 0 Å². The topological polar surface area (TPSA) is 90.9 Å². The van der Waals surface area contributed by atoms with Gasteiger partial charge in [0.1, 0.15) is 12.2 Å². The number of carbonyl (C=O) groups excluding carboxylic acids is 1. The van der Waals surface area contributed by atoms with Gasteiger partial charge in [0, 0.05) is 23.9 Å². The molecule has 1 saturated carbocycles. The number of aliphatic hydroxyl groups is 1. The first-order chi connectivity index (χ1) is 12.0. The van der Waals surface area contributed by atoms with Crippen molar-refractivity contribution in [3.8, 4) is 0 Å². The van der Waals surface area contributed by atoms with Crippen LogP contribution in [0.1, 0.15) is 54.4 Å². The number of carbonyl (C=O) groups is 1. The first-order valence-corrected chi connectivity index (χ1v) is 8.94. The van der Waals surface area contributed by atoms with Crippen LogP contribution < -0.4 is 5.32 Å². The minimum absolute atomic E-state index is 0.0383. The van der Waals surface area contributed by atoms with Crippen LogP contribution in [0.25, 0.3) is 0 Å². The summed E-state index contributed by atoms with van der Waals surface area (Å²) in [6, 6.07) is 7.75. The second-order valence-corrected chi connectivity index (χ2v) is 7.33. The molecular formula is C19H26N4O2. The van der Waals surface area contributed by atoms with Crippen molar-refractivity contribution in [1.82, 2.24) is 20.5 Å². The third-order valence-electron chi connectivity index (χ3n) is 4.89. The van der Waals surface area contributed by atoms with Gasteiger partial charge in [0.25, 0.3) is 5.91 Å². The van der Waals surface area contributed by atoms with E-state index in [1.54, 1.807) is 0 Å². The Hall–Kier alpha value is -2.21. The standard InChI is InChI=1S/C19H26N4O2/c1-12(2)7-13-5-3-4-6-16(13)19(25)20-10-15-8-14(9-17(15)24)18-21-11-22-23-18/h3-6,11-12,14-15,17,24H,7-10H2,1-2H3,(H,20,25)(H,21,22,23)/t14-,15+,17+/m1/s1. The lowest BCUT2D eigenvalue weighted by Crippen LogP contribution is -2.33. The average molecular weight is 342 g/mol. The lowest BCUT2D eigenvalue weighted by atomic mass is 9.97. The van der Waals surface area contributed by atoms with Crippen molar-refractivity contribution >= 4 is 5.91 Å². The lowest BCUT2D eigenvalue weighted by molar-refractivity contribution is 0.0915. The number of hydrogen-bond acceptors (Lipinski definition) is 4. The maximum Gasteiger partial charge on any atom is 0.251 e. The Labute approximate surface area is 148 Å². The van der Waals surface area contributed by atoms with Crippen molar-refractivity contribution < 1.29 is 9.90 Å². The van der Waals surface area contributed by atoms with Crippen molar-refractivity contribution in [2.75, 3.05) is 6.54 Å². The highest BCUT2D eigenvalue weighted by atomic mass is 16.3. The zero-order chi connectivity index (χ0) is 17.8. The summed E-state index contributed by atoms with van der Waals surface area (Å²) in [7, 11) is 0. The minimum Gasteiger partial charge on any atom is -0.393 e. The Kier molecular flexibility index (Phi) is 5.48. The van der Waals surface area contributed by atoms with Crippen LogP contribution in [0.2, 0.25) is 0 Å². The zero-order valence-corrected chi connectivity index (χ0v) is 14.8. The molecule has 1 fully saturated rings. The molecule has 6 heteroatoms. The molecule has 25 heavy (non-hydrogen) atoms. The highest BCUT2D eigenvalue weighted by molar-refractivity contribution is 5.95. The van der Waals surface area contributed by atoms with Crippen molar-refractivity contribution in [2.45, 2.75) is 45.1 Å². The van der Waals surface area contributed by atoms with Gasteiger partial charge in [-0.25, -0.2) is 4.98 Å². The first kappa shape index (κ1) is 17.6. The molecule has 0 saturated heterocycles. The van der Waals surface area contributed by atoms with E-state index in [0.717, 1.165) is 29.8 Å². The van der Waals surface area contributed by atoms with Crippen LogP contribution in [-0.2, 0) is 6.42 Å². The van der Waals surface area contributed by atoms with Crippen LogP contribution in [0, 0.1) is 11.8 Å². The van der Waals surface area contributed by atoms with Crippen LogP contribution in [-0.4, -0.2) is 38.8 Å². The Morgan fingerprint density at radius 2 is 2.16 bits per heavy atom. The van der Waals surface area contributed by atoms with Gasteiger partial charge in [-0.2, -0.15) is 5.10 Å². The fraction of sp³-hybridized carbons (Fsp3) is 0.526. The van der Waals surface area contributed by atoms with E-state index in [1.165, 1.54) is 6.33 Å². The molecule has 1 aliphatic rings. The van der Waals surface area contributed by atoms with Crippen LogP contribution >= 0.6 is 0 Å². The fourth-order valence-electron chi connectivity index (χ4n) is 3.64. The monoisotopic (exact) mass is 342 g/mol. The van der Waals surface area contributed by atoms with Crippen molar-refractivity contribution in [1.29, 1.82) is 0 Å². The molecule has 0 radical (unpaired) electrons. The molecule has 1 aromatic heterocycles. The van der Waals surface area contributed by atoms with Crippen LogP contribution in [0.5, 0.6) is 0 Å². The van der Waals surface area contributed by atoms with Gasteiger partial charge >= 0.3 is 0 Å². The molecule has 1 amide bonds. The van der Waals surface area contributed by atoms with Gasteiger partial charge in [-0.1, -0.05) is 32.0 Å². The first-order valence-electron chi connectivity index (χ1n) is 8.94. The third kappa shape index (κ3) is 4.25. The third-order valence-corrected chi connectivity index (χ3v) is 4.89. The molecule has 1 aliphatic carbocycles. The molecule has 134 valence electrons. The summed E-state index contributed by atoms with van der Waals surface area (Å²) in [5.74, 6) is 1.46. The predicted molar refractivity (Wildman–Crippen MR) is 95.2 cm³/mol. The van der Waals surface area contributed by atoms with Gasteiger partial charge in [0.2, 0.25) is 0 Å². The molecule has 1 aromatic carbocycles. The van der Waals surface area contributed by atoms with Crippen molar-refractivity contribution in [3.05, 3.63) is 47.5 Å². The molecular weight excluding hydrogens is 316 g/mol. The normalized spacial score (nSPS) is 23.1. The second-order valence-electron chi connectivity index (χ2n) is 7.33. The predicted octanol–water partition coefficient (Wildman–Crippen LogP) is 2.29. The summed E-state index contributed by atoms with van der Waals surface area (Å²) in [5.41, 5.74) is 1.80. The van der Waals surface area contributed by atoms with E-state index >= 15 is 0 Å². The van der Waals surface area contributed by atoms with Crippen LogP contribution in [0.3, 0.4) is 0 Å². The quantitative estimate of drug-likeness (QED) is 0.751. The van der Waals surface area contributed by atoms with Gasteiger partial charge in [-0.15, -0.1) is 0 Å². The lowest BCUT2D eigenvalue weighted by Gasteiger charge is -2.16. The van der Waals surface area contributed by atoms with E-state index in [9.17, 15) is 9.90 Å². The second kappa shape index (κ2) is 7.78. The van der Waals surface area contributed by atoms with Gasteiger partial charge in [0.05, 0.1) is 6.10 Å². The molecule has 0 bridgehead atoms. The fourth-order valence-corrected chi connectivity index (χ4v) is 3.64. The largest absolute Gasteiger partial charge is 0.393 e. The molecule has 0 aliphatic heterocycles. The van der Waals surface area contributed by atoms with E-state index in [0.29, 0.717) is 18.9 Å². The smallest absolute Gasteiger partial charge is 0.251 e. The number of H-pyrrole nitrogens is 1. The number of rotatable bonds is 6. The Morgan fingerprint density at radius 1 is 1.36 bits per heavy atom. The molecule has 2 aromatic rings. The summed E-state index contributed by atoms with van der Waals surface area (Å²) in [5, 5.41) is 20.1. The number of aromatic amines is 1. The number of benzene rings is 1. The molecule has 0 spiro atoms. The summed E-state index contributed by atoms with van der Waals surface area (Å²) < 4.78 is 0. The van der Waals surface area contributed by atoms with E-state index in [-0.39, 0.29) is 17.7 Å². The highest BCUT2D eigenvalue weighted by Crippen LogP contribution is 2.36. The van der Waals surface area contributed by atoms with E-state index < -0.39 is 6.10 Å². The number of aromatic nitrogens is 3. The summed E-state index contributed by atoms with van der Waals surface area (Å²) in [4.78, 5) is 16.8. The Morgan fingerprint density at radius 3 is 2.88 bits per heavy atom. The SMILES string of the molecule is CC(C)Cc1ccccc1C(=O)NC[C@@H]1C[C@@H](c2ncn[nH]2)C[C@@H]1O. The maximum atomic E-state index is 12.6. The highest BCUT2D eigenvalue weighted by Gasteiger charge is 2.35. The van der Waals surface area contributed by atoms with Gasteiger partial charge in [-0.3, -0.25) is 9.89 Å². The Balaban J connectivity index is 1.59. The van der Waals surface area contributed by atoms with Gasteiger partial charge in [0.15, 0.2) is 0 Å². The molecule has 0 unspecified atom stereocenters. The minimum atomic E-state index is -0.429. The Bertz CT molecular complexity index is 699. The number of nitrogens with one attached hydrogen (secondary N) is 2. The molecule has 3 atom stereocenters. The average Bonchev–Trinajstić information content (AvgIpc) is 3.22. The zero-order valence-electron chi connectivity index (χ0n) is 14.8. The molecule has 3 N–H and O–H groups in total. The van der Waals surface area contributed by atoms with Gasteiger partial charge in [-0.05, 0) is 36.8 Å². The number of aliphatic hydroxyl groups excluding tert-OH is 1. The number of hydrogen-bond donors (Lipinski definition) is 3.